The summed E-state index contributed by atoms with van der Waals surface area (Å²) in [5.41, 5.74) is 9.16. The Morgan fingerprint density at radius 2 is 2.00 bits per heavy atom. The lowest BCUT2D eigenvalue weighted by molar-refractivity contribution is -0.115. The highest BCUT2D eigenvalue weighted by Crippen LogP contribution is 2.21. The molecule has 0 aliphatic carbocycles. The van der Waals surface area contributed by atoms with Crippen LogP contribution >= 0.6 is 11.8 Å². The number of aromatic nitrogens is 2. The molecule has 1 aromatic heterocycles. The number of carbonyl (C=O) groups excluding carboxylic acids is 1. The summed E-state index contributed by atoms with van der Waals surface area (Å²) in [6.07, 6.45) is 3.94. The van der Waals surface area contributed by atoms with Crippen LogP contribution in [-0.4, -0.2) is 21.6 Å². The van der Waals surface area contributed by atoms with Gasteiger partial charge in [0.05, 0.1) is 0 Å². The van der Waals surface area contributed by atoms with E-state index in [-0.39, 0.29) is 5.91 Å². The fourth-order valence-electron chi connectivity index (χ4n) is 1.69. The van der Waals surface area contributed by atoms with E-state index in [0.717, 1.165) is 16.8 Å². The number of rotatable bonds is 5. The minimum Gasteiger partial charge on any atom is -0.398 e. The lowest BCUT2D eigenvalue weighted by Gasteiger charge is -2.09. The Labute approximate surface area is 128 Å². The van der Waals surface area contributed by atoms with Gasteiger partial charge in [0.15, 0.2) is 5.16 Å². The number of carbonyl (C=O) groups is 1. The van der Waals surface area contributed by atoms with E-state index in [0.29, 0.717) is 23.0 Å². The Kier molecular flexibility index (Phi) is 5.16. The molecule has 1 heterocycles. The van der Waals surface area contributed by atoms with Crippen LogP contribution in [0.5, 0.6) is 0 Å². The highest BCUT2D eigenvalue weighted by atomic mass is 32.2. The lowest BCUT2D eigenvalue weighted by Crippen LogP contribution is -2.13. The molecule has 0 unspecified atom stereocenters. The number of nitrogens with two attached hydrogens (primary N) is 1. The third kappa shape index (κ3) is 4.46. The maximum atomic E-state index is 11.9. The molecule has 0 spiro atoms. The second-order valence-corrected chi connectivity index (χ2v) is 5.77. The predicted molar refractivity (Wildman–Crippen MR) is 86.3 cm³/mol. The Morgan fingerprint density at radius 3 is 2.71 bits per heavy atom. The van der Waals surface area contributed by atoms with Crippen LogP contribution in [0.2, 0.25) is 0 Å². The van der Waals surface area contributed by atoms with E-state index in [1.165, 1.54) is 11.8 Å². The van der Waals surface area contributed by atoms with Crippen molar-refractivity contribution in [3.63, 3.8) is 0 Å². The number of nitrogen functional groups attached to an aromatic ring is 1. The Morgan fingerprint density at radius 1 is 1.29 bits per heavy atom. The predicted octanol–water partition coefficient (Wildman–Crippen LogP) is 2.80. The summed E-state index contributed by atoms with van der Waals surface area (Å²) in [5, 5.41) is 3.56. The van der Waals surface area contributed by atoms with Crippen molar-refractivity contribution >= 4 is 29.0 Å². The molecule has 5 nitrogen and oxygen atoms in total. The number of thioether (sulfide) groups is 1. The number of nitrogens with one attached hydrogen (secondary N) is 1. The molecule has 110 valence electrons. The number of hydrogen-bond acceptors (Lipinski definition) is 5. The zero-order chi connectivity index (χ0) is 15.2. The first-order valence-corrected chi connectivity index (χ1v) is 7.61. The normalized spacial score (nSPS) is 10.4. The summed E-state index contributed by atoms with van der Waals surface area (Å²) in [6, 6.07) is 5.49. The van der Waals surface area contributed by atoms with Crippen molar-refractivity contribution < 1.29 is 4.79 Å². The molecule has 2 rings (SSSR count). The van der Waals surface area contributed by atoms with Gasteiger partial charge in [0.25, 0.3) is 0 Å². The van der Waals surface area contributed by atoms with Crippen LogP contribution < -0.4 is 11.1 Å². The quantitative estimate of drug-likeness (QED) is 0.504. The summed E-state index contributed by atoms with van der Waals surface area (Å²) in [5.74, 6) is 0.597. The van der Waals surface area contributed by atoms with Crippen LogP contribution in [0.1, 0.15) is 17.5 Å². The summed E-state index contributed by atoms with van der Waals surface area (Å²) in [4.78, 5) is 20.3. The van der Waals surface area contributed by atoms with Crippen molar-refractivity contribution in [2.24, 2.45) is 0 Å². The first-order chi connectivity index (χ1) is 10.1. The highest BCUT2D eigenvalue weighted by Gasteiger charge is 2.07. The molecule has 1 amide bonds. The largest absolute Gasteiger partial charge is 0.398 e. The van der Waals surface area contributed by atoms with Crippen LogP contribution in [-0.2, 0) is 4.79 Å². The molecular weight excluding hydrogens is 284 g/mol. The summed E-state index contributed by atoms with van der Waals surface area (Å²) >= 11 is 1.47. The fourth-order valence-corrected chi connectivity index (χ4v) is 2.42. The van der Waals surface area contributed by atoms with Crippen LogP contribution in [0.3, 0.4) is 0 Å². The molecule has 6 heteroatoms. The SMILES string of the molecule is Cc1cnc(SCCC(=O)Nc2cccc(N)c2C)nc1. The van der Waals surface area contributed by atoms with Gasteiger partial charge in [-0.25, -0.2) is 9.97 Å². The van der Waals surface area contributed by atoms with E-state index in [1.807, 2.05) is 32.0 Å². The van der Waals surface area contributed by atoms with Crippen LogP contribution in [0.4, 0.5) is 11.4 Å². The van der Waals surface area contributed by atoms with Crippen molar-refractivity contribution in [2.45, 2.75) is 25.4 Å². The molecule has 0 aliphatic rings. The molecular formula is C15H18N4OS. The van der Waals surface area contributed by atoms with Gasteiger partial charge in [0.1, 0.15) is 0 Å². The fraction of sp³-hybridized carbons (Fsp3) is 0.267. The monoisotopic (exact) mass is 302 g/mol. The third-order valence-electron chi connectivity index (χ3n) is 2.97. The number of amides is 1. The minimum atomic E-state index is -0.0386. The van der Waals surface area contributed by atoms with Crippen molar-refractivity contribution in [1.29, 1.82) is 0 Å². The third-order valence-corrected chi connectivity index (χ3v) is 3.84. The lowest BCUT2D eigenvalue weighted by atomic mass is 10.1. The molecule has 0 atom stereocenters. The van der Waals surface area contributed by atoms with Gasteiger partial charge in [0, 0.05) is 35.9 Å². The molecule has 1 aromatic carbocycles. The number of nitrogens with zero attached hydrogens (tertiary/aromatic N) is 2. The standard InChI is InChI=1S/C15H18N4OS/c1-10-8-17-15(18-9-10)21-7-6-14(20)19-13-5-3-4-12(16)11(13)2/h3-5,8-9H,6-7,16H2,1-2H3,(H,19,20). The van der Waals surface area contributed by atoms with Crippen LogP contribution in [0, 0.1) is 13.8 Å². The topological polar surface area (TPSA) is 80.9 Å². The molecule has 0 saturated carbocycles. The molecule has 0 bridgehead atoms. The van der Waals surface area contributed by atoms with Gasteiger partial charge < -0.3 is 11.1 Å². The van der Waals surface area contributed by atoms with Gasteiger partial charge in [-0.3, -0.25) is 4.79 Å². The zero-order valence-electron chi connectivity index (χ0n) is 12.1. The van der Waals surface area contributed by atoms with E-state index in [9.17, 15) is 4.79 Å². The summed E-state index contributed by atoms with van der Waals surface area (Å²) in [7, 11) is 0. The molecule has 0 fully saturated rings. The average Bonchev–Trinajstić information content (AvgIpc) is 2.46. The molecule has 3 N–H and O–H groups in total. The van der Waals surface area contributed by atoms with Gasteiger partial charge in [-0.05, 0) is 37.1 Å². The summed E-state index contributed by atoms with van der Waals surface area (Å²) < 4.78 is 0. The Balaban J connectivity index is 1.82. The molecule has 0 aliphatic heterocycles. The van der Waals surface area contributed by atoms with E-state index in [1.54, 1.807) is 12.4 Å². The van der Waals surface area contributed by atoms with Gasteiger partial charge in [0.2, 0.25) is 5.91 Å². The number of anilines is 2. The maximum Gasteiger partial charge on any atom is 0.225 e. The van der Waals surface area contributed by atoms with Gasteiger partial charge in [-0.2, -0.15) is 0 Å². The van der Waals surface area contributed by atoms with Crippen molar-refractivity contribution in [3.8, 4) is 0 Å². The summed E-state index contributed by atoms with van der Waals surface area (Å²) in [6.45, 7) is 3.83. The van der Waals surface area contributed by atoms with E-state index < -0.39 is 0 Å². The van der Waals surface area contributed by atoms with E-state index in [4.69, 9.17) is 5.73 Å². The van der Waals surface area contributed by atoms with Crippen LogP contribution in [0.15, 0.2) is 35.7 Å². The van der Waals surface area contributed by atoms with E-state index >= 15 is 0 Å². The maximum absolute atomic E-state index is 11.9. The average molecular weight is 302 g/mol. The van der Waals surface area contributed by atoms with Gasteiger partial charge >= 0.3 is 0 Å². The molecule has 2 aromatic rings. The van der Waals surface area contributed by atoms with Crippen LogP contribution in [0.25, 0.3) is 0 Å². The van der Waals surface area contributed by atoms with Crippen molar-refractivity contribution in [1.82, 2.24) is 9.97 Å². The molecule has 21 heavy (non-hydrogen) atoms. The first-order valence-electron chi connectivity index (χ1n) is 6.62. The smallest absolute Gasteiger partial charge is 0.225 e. The second-order valence-electron chi connectivity index (χ2n) is 4.71. The first kappa shape index (κ1) is 15.3. The van der Waals surface area contributed by atoms with Gasteiger partial charge in [-0.1, -0.05) is 17.8 Å². The Bertz CT molecular complexity index is 628. The number of hydrogen-bond donors (Lipinski definition) is 2. The molecule has 0 radical (unpaired) electrons. The number of aryl methyl sites for hydroxylation is 1. The minimum absolute atomic E-state index is 0.0386. The molecule has 0 saturated heterocycles. The zero-order valence-corrected chi connectivity index (χ0v) is 12.9. The second kappa shape index (κ2) is 7.08. The van der Waals surface area contributed by atoms with E-state index in [2.05, 4.69) is 15.3 Å². The Hall–Kier alpha value is -2.08. The van der Waals surface area contributed by atoms with Crippen molar-refractivity contribution in [2.75, 3.05) is 16.8 Å². The van der Waals surface area contributed by atoms with Gasteiger partial charge in [-0.15, -0.1) is 0 Å². The highest BCUT2D eigenvalue weighted by molar-refractivity contribution is 7.99. The number of benzene rings is 1. The van der Waals surface area contributed by atoms with Crippen molar-refractivity contribution in [3.05, 3.63) is 41.7 Å².